The zero-order valence-electron chi connectivity index (χ0n) is 8.42. The predicted octanol–water partition coefficient (Wildman–Crippen LogP) is 1.66. The first kappa shape index (κ1) is 11.1. The minimum absolute atomic E-state index is 0.349. The molecule has 0 aliphatic rings. The van der Waals surface area contributed by atoms with Crippen LogP contribution in [0.15, 0.2) is 30.6 Å². The molecule has 1 heterocycles. The van der Waals surface area contributed by atoms with Crippen LogP contribution in [-0.2, 0) is 4.74 Å². The summed E-state index contributed by atoms with van der Waals surface area (Å²) in [5, 5.41) is 8.05. The highest BCUT2D eigenvalue weighted by molar-refractivity contribution is 14.1. The van der Waals surface area contributed by atoms with E-state index < -0.39 is 0 Å². The number of aromatic nitrogens is 3. The van der Waals surface area contributed by atoms with Crippen molar-refractivity contribution < 1.29 is 9.53 Å². The van der Waals surface area contributed by atoms with Crippen LogP contribution in [-0.4, -0.2) is 28.1 Å². The Labute approximate surface area is 106 Å². The number of carbonyl (C=O) groups excluding carboxylic acids is 1. The summed E-state index contributed by atoms with van der Waals surface area (Å²) in [6.07, 6.45) is 3.20. The number of ether oxygens (including phenoxy) is 1. The molecule has 0 spiro atoms. The van der Waals surface area contributed by atoms with Crippen LogP contribution in [0.5, 0.6) is 0 Å². The van der Waals surface area contributed by atoms with Gasteiger partial charge in [-0.05, 0) is 40.8 Å². The van der Waals surface area contributed by atoms with Gasteiger partial charge in [0.2, 0.25) is 0 Å². The number of methoxy groups -OCH3 is 1. The Hall–Kier alpha value is -1.44. The Morgan fingerprint density at radius 1 is 1.38 bits per heavy atom. The number of halogens is 1. The van der Waals surface area contributed by atoms with Gasteiger partial charge in [0.05, 0.1) is 30.8 Å². The first-order valence-electron chi connectivity index (χ1n) is 4.47. The Kier molecular flexibility index (Phi) is 3.18. The van der Waals surface area contributed by atoms with Crippen molar-refractivity contribution in [3.05, 3.63) is 39.7 Å². The standard InChI is InChI=1S/C10H8IN3O2/c1-16-10(15)7-2-3-9(8(11)6-7)14-12-4-5-13-14/h2-6H,1H3. The lowest BCUT2D eigenvalue weighted by atomic mass is 10.2. The quantitative estimate of drug-likeness (QED) is 0.621. The molecule has 1 aromatic carbocycles. The molecule has 1 aromatic heterocycles. The van der Waals surface area contributed by atoms with Crippen LogP contribution < -0.4 is 0 Å². The number of nitrogens with zero attached hydrogens (tertiary/aromatic N) is 3. The van der Waals surface area contributed by atoms with E-state index in [1.165, 1.54) is 11.9 Å². The zero-order chi connectivity index (χ0) is 11.5. The fourth-order valence-corrected chi connectivity index (χ4v) is 1.99. The smallest absolute Gasteiger partial charge is 0.337 e. The molecule has 6 heteroatoms. The van der Waals surface area contributed by atoms with Crippen molar-refractivity contribution in [2.75, 3.05) is 7.11 Å². The van der Waals surface area contributed by atoms with Crippen molar-refractivity contribution in [1.29, 1.82) is 0 Å². The third-order valence-corrected chi connectivity index (χ3v) is 2.87. The molecule has 0 unspecified atom stereocenters. The predicted molar refractivity (Wildman–Crippen MR) is 65.4 cm³/mol. The van der Waals surface area contributed by atoms with Crippen molar-refractivity contribution >= 4 is 28.6 Å². The Bertz CT molecular complexity index is 511. The molecule has 0 radical (unpaired) electrons. The van der Waals surface area contributed by atoms with Gasteiger partial charge in [0.15, 0.2) is 0 Å². The molecule has 0 amide bonds. The van der Waals surface area contributed by atoms with E-state index in [1.54, 1.807) is 30.6 Å². The molecule has 2 aromatic rings. The topological polar surface area (TPSA) is 57.0 Å². The monoisotopic (exact) mass is 329 g/mol. The van der Waals surface area contributed by atoms with Crippen molar-refractivity contribution in [2.45, 2.75) is 0 Å². The third-order valence-electron chi connectivity index (χ3n) is 2.00. The summed E-state index contributed by atoms with van der Waals surface area (Å²) in [6.45, 7) is 0. The number of esters is 1. The minimum Gasteiger partial charge on any atom is -0.465 e. The second-order valence-corrected chi connectivity index (χ2v) is 4.14. The van der Waals surface area contributed by atoms with E-state index in [2.05, 4.69) is 37.5 Å². The number of rotatable bonds is 2. The maximum absolute atomic E-state index is 11.3. The normalized spacial score (nSPS) is 10.1. The van der Waals surface area contributed by atoms with Crippen molar-refractivity contribution in [3.8, 4) is 5.69 Å². The van der Waals surface area contributed by atoms with Crippen LogP contribution in [0.3, 0.4) is 0 Å². The summed E-state index contributed by atoms with van der Waals surface area (Å²) in [5.74, 6) is -0.349. The van der Waals surface area contributed by atoms with E-state index in [-0.39, 0.29) is 5.97 Å². The van der Waals surface area contributed by atoms with Gasteiger partial charge in [0, 0.05) is 3.57 Å². The molecule has 5 nitrogen and oxygen atoms in total. The molecule has 0 saturated heterocycles. The van der Waals surface area contributed by atoms with Crippen LogP contribution in [0.4, 0.5) is 0 Å². The SMILES string of the molecule is COC(=O)c1ccc(-n2nccn2)c(I)c1. The molecule has 0 bridgehead atoms. The van der Waals surface area contributed by atoms with Gasteiger partial charge in [-0.2, -0.15) is 15.0 Å². The van der Waals surface area contributed by atoms with E-state index in [0.717, 1.165) is 9.26 Å². The van der Waals surface area contributed by atoms with E-state index in [4.69, 9.17) is 0 Å². The van der Waals surface area contributed by atoms with E-state index in [0.29, 0.717) is 5.56 Å². The third kappa shape index (κ3) is 2.06. The maximum atomic E-state index is 11.3. The van der Waals surface area contributed by atoms with Gasteiger partial charge >= 0.3 is 5.97 Å². The highest BCUT2D eigenvalue weighted by Gasteiger charge is 2.09. The lowest BCUT2D eigenvalue weighted by molar-refractivity contribution is 0.0600. The van der Waals surface area contributed by atoms with Gasteiger partial charge < -0.3 is 4.74 Å². The fourth-order valence-electron chi connectivity index (χ4n) is 1.25. The lowest BCUT2D eigenvalue weighted by Gasteiger charge is -2.05. The summed E-state index contributed by atoms with van der Waals surface area (Å²) in [5.41, 5.74) is 1.35. The zero-order valence-corrected chi connectivity index (χ0v) is 10.6. The van der Waals surface area contributed by atoms with Crippen LogP contribution >= 0.6 is 22.6 Å². The van der Waals surface area contributed by atoms with E-state index >= 15 is 0 Å². The molecule has 0 fully saturated rings. The minimum atomic E-state index is -0.349. The molecule has 16 heavy (non-hydrogen) atoms. The molecule has 2 rings (SSSR count). The number of benzene rings is 1. The number of hydrogen-bond acceptors (Lipinski definition) is 4. The molecule has 82 valence electrons. The summed E-state index contributed by atoms with van der Waals surface area (Å²) in [4.78, 5) is 12.8. The Morgan fingerprint density at radius 2 is 2.06 bits per heavy atom. The van der Waals surface area contributed by atoms with Gasteiger partial charge in [-0.1, -0.05) is 0 Å². The molecule has 0 N–H and O–H groups in total. The summed E-state index contributed by atoms with van der Waals surface area (Å²) in [7, 11) is 1.36. The Balaban J connectivity index is 2.41. The first-order valence-corrected chi connectivity index (χ1v) is 5.55. The van der Waals surface area contributed by atoms with Gasteiger partial charge in [-0.25, -0.2) is 4.79 Å². The van der Waals surface area contributed by atoms with Crippen LogP contribution in [0.1, 0.15) is 10.4 Å². The summed E-state index contributed by atoms with van der Waals surface area (Å²) < 4.78 is 5.53. The summed E-state index contributed by atoms with van der Waals surface area (Å²) >= 11 is 2.13. The maximum Gasteiger partial charge on any atom is 0.337 e. The average molecular weight is 329 g/mol. The second-order valence-electron chi connectivity index (χ2n) is 2.98. The highest BCUT2D eigenvalue weighted by atomic mass is 127. The van der Waals surface area contributed by atoms with Crippen LogP contribution in [0.25, 0.3) is 5.69 Å². The van der Waals surface area contributed by atoms with Crippen LogP contribution in [0.2, 0.25) is 0 Å². The van der Waals surface area contributed by atoms with Gasteiger partial charge in [0.1, 0.15) is 0 Å². The van der Waals surface area contributed by atoms with Crippen molar-refractivity contribution in [2.24, 2.45) is 0 Å². The molecule has 0 aliphatic heterocycles. The Morgan fingerprint density at radius 3 is 2.62 bits per heavy atom. The largest absolute Gasteiger partial charge is 0.465 e. The number of hydrogen-bond donors (Lipinski definition) is 0. The second kappa shape index (κ2) is 4.60. The lowest BCUT2D eigenvalue weighted by Crippen LogP contribution is -2.05. The molecule has 0 aliphatic carbocycles. The van der Waals surface area contributed by atoms with Gasteiger partial charge in [0.25, 0.3) is 0 Å². The molecular weight excluding hydrogens is 321 g/mol. The first-order chi connectivity index (χ1) is 7.72. The van der Waals surface area contributed by atoms with Gasteiger partial charge in [-0.3, -0.25) is 0 Å². The van der Waals surface area contributed by atoms with Crippen LogP contribution in [0, 0.1) is 3.57 Å². The molecule has 0 saturated carbocycles. The number of carbonyl (C=O) groups is 1. The molecule has 0 atom stereocenters. The summed E-state index contributed by atoms with van der Waals surface area (Å²) in [6, 6.07) is 5.21. The van der Waals surface area contributed by atoms with Gasteiger partial charge in [-0.15, -0.1) is 0 Å². The van der Waals surface area contributed by atoms with E-state index in [1.807, 2.05) is 0 Å². The van der Waals surface area contributed by atoms with Crippen molar-refractivity contribution in [1.82, 2.24) is 15.0 Å². The van der Waals surface area contributed by atoms with E-state index in [9.17, 15) is 4.79 Å². The van der Waals surface area contributed by atoms with Crippen molar-refractivity contribution in [3.63, 3.8) is 0 Å². The average Bonchev–Trinajstić information content (AvgIpc) is 2.81. The fraction of sp³-hybridized carbons (Fsp3) is 0.100. The molecular formula is C10H8IN3O2. The highest BCUT2D eigenvalue weighted by Crippen LogP contribution is 2.17.